The zero-order chi connectivity index (χ0) is 18.3. The number of sulfonamides is 1. The van der Waals surface area contributed by atoms with Gasteiger partial charge in [0.25, 0.3) is 10.0 Å². The van der Waals surface area contributed by atoms with Crippen molar-refractivity contribution in [2.24, 2.45) is 0 Å². The smallest absolute Gasteiger partial charge is 0.263 e. The van der Waals surface area contributed by atoms with Gasteiger partial charge in [-0.2, -0.15) is 0 Å². The highest BCUT2D eigenvalue weighted by Crippen LogP contribution is 2.28. The second kappa shape index (κ2) is 6.51. The van der Waals surface area contributed by atoms with Gasteiger partial charge in [-0.25, -0.2) is 8.42 Å². The van der Waals surface area contributed by atoms with Crippen LogP contribution in [0, 0.1) is 6.92 Å². The first kappa shape index (κ1) is 17.2. The molecule has 0 radical (unpaired) electrons. The van der Waals surface area contributed by atoms with Crippen molar-refractivity contribution < 1.29 is 8.42 Å². The summed E-state index contributed by atoms with van der Waals surface area (Å²) in [4.78, 5) is 0.205. The number of rotatable bonds is 4. The molecule has 1 aliphatic heterocycles. The molecule has 0 saturated heterocycles. The highest BCUT2D eigenvalue weighted by molar-refractivity contribution is 9.10. The molecule has 3 aromatic rings. The summed E-state index contributed by atoms with van der Waals surface area (Å²) < 4.78 is 30.8. The summed E-state index contributed by atoms with van der Waals surface area (Å²) in [6, 6.07) is 12.4. The van der Waals surface area contributed by atoms with Gasteiger partial charge >= 0.3 is 0 Å². The molecule has 134 valence electrons. The van der Waals surface area contributed by atoms with Crippen LogP contribution in [0.15, 0.2) is 51.8 Å². The number of halogens is 1. The van der Waals surface area contributed by atoms with E-state index < -0.39 is 10.0 Å². The summed E-state index contributed by atoms with van der Waals surface area (Å²) in [6.07, 6.45) is 1.99. The van der Waals surface area contributed by atoms with Crippen molar-refractivity contribution in [1.82, 2.24) is 14.8 Å². The molecule has 1 N–H and O–H groups in total. The molecule has 0 amide bonds. The lowest BCUT2D eigenvalue weighted by Crippen LogP contribution is -2.13. The molecule has 8 heteroatoms. The van der Waals surface area contributed by atoms with Crippen LogP contribution in [-0.4, -0.2) is 23.2 Å². The summed E-state index contributed by atoms with van der Waals surface area (Å²) in [7, 11) is -3.70. The number of anilines is 1. The third-order valence-corrected chi connectivity index (χ3v) is 6.72. The molecule has 1 aliphatic rings. The zero-order valence-corrected chi connectivity index (χ0v) is 16.5. The van der Waals surface area contributed by atoms with Gasteiger partial charge in [-0.1, -0.05) is 18.2 Å². The van der Waals surface area contributed by atoms with Crippen LogP contribution in [0.5, 0.6) is 0 Å². The minimum atomic E-state index is -3.70. The maximum absolute atomic E-state index is 12.7. The van der Waals surface area contributed by atoms with Crippen LogP contribution in [0.25, 0.3) is 11.4 Å². The van der Waals surface area contributed by atoms with E-state index in [1.807, 2.05) is 19.1 Å². The maximum atomic E-state index is 12.7. The first-order valence-corrected chi connectivity index (χ1v) is 10.5. The topological polar surface area (TPSA) is 76.9 Å². The predicted molar refractivity (Wildman–Crippen MR) is 103 cm³/mol. The fourth-order valence-corrected chi connectivity index (χ4v) is 5.36. The van der Waals surface area contributed by atoms with Gasteiger partial charge in [-0.15, -0.1) is 10.2 Å². The molecule has 2 heterocycles. The molecule has 6 nitrogen and oxygen atoms in total. The van der Waals surface area contributed by atoms with E-state index in [9.17, 15) is 8.42 Å². The lowest BCUT2D eigenvalue weighted by molar-refractivity contribution is 0.600. The summed E-state index contributed by atoms with van der Waals surface area (Å²) in [5.41, 5.74) is 2.32. The quantitative estimate of drug-likeness (QED) is 0.680. The summed E-state index contributed by atoms with van der Waals surface area (Å²) in [5.74, 6) is 1.75. The monoisotopic (exact) mass is 432 g/mol. The van der Waals surface area contributed by atoms with E-state index in [4.69, 9.17) is 0 Å². The van der Waals surface area contributed by atoms with Gasteiger partial charge in [0.2, 0.25) is 0 Å². The Morgan fingerprint density at radius 2 is 2.00 bits per heavy atom. The molecule has 0 spiro atoms. The van der Waals surface area contributed by atoms with Crippen LogP contribution >= 0.6 is 15.9 Å². The van der Waals surface area contributed by atoms with Crippen LogP contribution in [-0.2, 0) is 23.0 Å². The first-order valence-electron chi connectivity index (χ1n) is 8.25. The molecule has 0 aliphatic carbocycles. The van der Waals surface area contributed by atoms with Crippen LogP contribution in [0.1, 0.15) is 17.8 Å². The summed E-state index contributed by atoms with van der Waals surface area (Å²) in [6.45, 7) is 2.80. The Morgan fingerprint density at radius 1 is 1.15 bits per heavy atom. The lowest BCUT2D eigenvalue weighted by Gasteiger charge is -2.11. The number of nitrogens with zero attached hydrogens (tertiary/aromatic N) is 3. The van der Waals surface area contributed by atoms with E-state index in [2.05, 4.69) is 35.4 Å². The first-order chi connectivity index (χ1) is 12.4. The van der Waals surface area contributed by atoms with E-state index in [-0.39, 0.29) is 4.90 Å². The second-order valence-electron chi connectivity index (χ2n) is 6.32. The Kier molecular flexibility index (Phi) is 4.32. The predicted octanol–water partition coefficient (Wildman–Crippen LogP) is 3.76. The molecular weight excluding hydrogens is 416 g/mol. The van der Waals surface area contributed by atoms with Crippen LogP contribution in [0.2, 0.25) is 0 Å². The van der Waals surface area contributed by atoms with Gasteiger partial charge in [-0.3, -0.25) is 4.72 Å². The maximum Gasteiger partial charge on any atom is 0.263 e. The third kappa shape index (κ3) is 3.14. The Bertz CT molecular complexity index is 1090. The molecular formula is C18H17BrN4O2S. The van der Waals surface area contributed by atoms with E-state index >= 15 is 0 Å². The van der Waals surface area contributed by atoms with Gasteiger partial charge in [0, 0.05) is 28.7 Å². The molecule has 0 bridgehead atoms. The van der Waals surface area contributed by atoms with E-state index in [0.29, 0.717) is 10.2 Å². The fraction of sp³-hybridized carbons (Fsp3) is 0.222. The van der Waals surface area contributed by atoms with Crippen molar-refractivity contribution >= 4 is 31.6 Å². The van der Waals surface area contributed by atoms with Gasteiger partial charge in [0.1, 0.15) is 10.7 Å². The van der Waals surface area contributed by atoms with Crippen molar-refractivity contribution in [2.45, 2.75) is 31.2 Å². The lowest BCUT2D eigenvalue weighted by atomic mass is 10.2. The Hall–Kier alpha value is -2.19. The van der Waals surface area contributed by atoms with Gasteiger partial charge in [0.05, 0.1) is 0 Å². The van der Waals surface area contributed by atoms with Crippen LogP contribution < -0.4 is 4.72 Å². The van der Waals surface area contributed by atoms with Crippen LogP contribution in [0.4, 0.5) is 5.69 Å². The van der Waals surface area contributed by atoms with Crippen molar-refractivity contribution in [2.75, 3.05) is 4.72 Å². The number of fused-ring (bicyclic) bond motifs is 1. The van der Waals surface area contributed by atoms with E-state index in [0.717, 1.165) is 42.2 Å². The molecule has 0 unspecified atom stereocenters. The van der Waals surface area contributed by atoms with Crippen molar-refractivity contribution in [3.8, 4) is 11.4 Å². The Balaban J connectivity index is 1.67. The standard InChI is InChI=1S/C18H17BrN4O2S/c1-12-7-8-16(15(19)10-12)26(24,25)22-14-5-2-4-13(11-14)18-21-20-17-6-3-9-23(17)18/h2,4-5,7-8,10-11,22H,3,6,9H2,1H3. The molecule has 2 aromatic carbocycles. The third-order valence-electron chi connectivity index (χ3n) is 4.36. The number of aromatic nitrogens is 3. The molecule has 26 heavy (non-hydrogen) atoms. The van der Waals surface area contributed by atoms with E-state index in [1.54, 1.807) is 30.3 Å². The van der Waals surface area contributed by atoms with Crippen molar-refractivity contribution in [1.29, 1.82) is 0 Å². The largest absolute Gasteiger partial charge is 0.311 e. The number of nitrogens with one attached hydrogen (secondary N) is 1. The molecule has 0 fully saturated rings. The molecule has 0 atom stereocenters. The highest BCUT2D eigenvalue weighted by Gasteiger charge is 2.20. The van der Waals surface area contributed by atoms with Gasteiger partial charge in [-0.05, 0) is 59.1 Å². The zero-order valence-electron chi connectivity index (χ0n) is 14.1. The van der Waals surface area contributed by atoms with Crippen LogP contribution in [0.3, 0.4) is 0 Å². The minimum absolute atomic E-state index is 0.205. The Labute approximate surface area is 160 Å². The molecule has 4 rings (SSSR count). The van der Waals surface area contributed by atoms with Crippen molar-refractivity contribution in [3.05, 3.63) is 58.3 Å². The average Bonchev–Trinajstić information content (AvgIpc) is 3.17. The SMILES string of the molecule is Cc1ccc(S(=O)(=O)Nc2cccc(-c3nnc4n3CCC4)c2)c(Br)c1. The number of hydrogen-bond donors (Lipinski definition) is 1. The van der Waals surface area contributed by atoms with E-state index in [1.165, 1.54) is 0 Å². The fourth-order valence-electron chi connectivity index (χ4n) is 3.12. The average molecular weight is 433 g/mol. The van der Waals surface area contributed by atoms with Crippen molar-refractivity contribution in [3.63, 3.8) is 0 Å². The summed E-state index contributed by atoms with van der Waals surface area (Å²) in [5, 5.41) is 8.47. The van der Waals surface area contributed by atoms with Gasteiger partial charge in [0.15, 0.2) is 5.82 Å². The number of aryl methyl sites for hydroxylation is 2. The number of hydrogen-bond acceptors (Lipinski definition) is 4. The summed E-state index contributed by atoms with van der Waals surface area (Å²) >= 11 is 3.34. The molecule has 0 saturated carbocycles. The number of benzene rings is 2. The molecule has 1 aromatic heterocycles. The normalized spacial score (nSPS) is 13.6. The second-order valence-corrected chi connectivity index (χ2v) is 8.82. The van der Waals surface area contributed by atoms with Gasteiger partial charge < -0.3 is 4.57 Å². The minimum Gasteiger partial charge on any atom is -0.311 e. The highest BCUT2D eigenvalue weighted by atomic mass is 79.9. The Morgan fingerprint density at radius 3 is 2.81 bits per heavy atom.